The van der Waals surface area contributed by atoms with Crippen molar-refractivity contribution in [2.24, 2.45) is 5.41 Å². The Morgan fingerprint density at radius 2 is 1.76 bits per heavy atom. The number of carbonyl (C=O) groups is 2. The minimum Gasteiger partial charge on any atom is -0.298 e. The largest absolute Gasteiger partial charge is 0.404 e. The van der Waals surface area contributed by atoms with Crippen LogP contribution in [0.25, 0.3) is 5.69 Å². The Morgan fingerprint density at radius 3 is 2.39 bits per heavy atom. The molecule has 2 heterocycles. The molecule has 0 radical (unpaired) electrons. The molecule has 1 aromatic heterocycles. The van der Waals surface area contributed by atoms with Gasteiger partial charge >= 0.3 is 6.18 Å². The maximum absolute atomic E-state index is 14.0. The van der Waals surface area contributed by atoms with Gasteiger partial charge < -0.3 is 0 Å². The van der Waals surface area contributed by atoms with E-state index < -0.39 is 36.4 Å². The minimum absolute atomic E-state index is 0.106. The van der Waals surface area contributed by atoms with Crippen LogP contribution in [0.5, 0.6) is 0 Å². The molecule has 1 aliphatic heterocycles. The van der Waals surface area contributed by atoms with Crippen molar-refractivity contribution < 1.29 is 22.8 Å². The van der Waals surface area contributed by atoms with E-state index >= 15 is 0 Å². The smallest absolute Gasteiger partial charge is 0.298 e. The van der Waals surface area contributed by atoms with Crippen LogP contribution < -0.4 is 10.9 Å². The van der Waals surface area contributed by atoms with Gasteiger partial charge in [-0.3, -0.25) is 25.3 Å². The lowest BCUT2D eigenvalue weighted by Gasteiger charge is -2.30. The summed E-state index contributed by atoms with van der Waals surface area (Å²) in [5.41, 5.74) is 3.03. The Balaban J connectivity index is 1.40. The highest BCUT2D eigenvalue weighted by Crippen LogP contribution is 2.46. The van der Waals surface area contributed by atoms with E-state index in [9.17, 15) is 22.8 Å². The standard InChI is InChI=1S/C21H20F3N7O2/c22-21(23,24)20(10-11-30(13-20)12-15-4-2-1-3-5-15)19(33)27-26-18(32)16-6-8-17(9-7-16)31-14-25-28-29-31/h1-9,14H,10-13H2,(H,26,32)(H,27,33). The van der Waals surface area contributed by atoms with Crippen LogP contribution in [0, 0.1) is 5.41 Å². The Morgan fingerprint density at radius 1 is 1.03 bits per heavy atom. The molecule has 2 aromatic carbocycles. The number of nitrogens with one attached hydrogen (secondary N) is 2. The van der Waals surface area contributed by atoms with Gasteiger partial charge in [0, 0.05) is 18.7 Å². The maximum Gasteiger partial charge on any atom is 0.404 e. The van der Waals surface area contributed by atoms with Gasteiger partial charge in [-0.15, -0.1) is 5.10 Å². The van der Waals surface area contributed by atoms with E-state index in [1.165, 1.54) is 23.1 Å². The average molecular weight is 459 g/mol. The first-order chi connectivity index (χ1) is 15.8. The molecule has 0 spiro atoms. The number of rotatable bonds is 5. The molecular weight excluding hydrogens is 439 g/mol. The number of halogens is 3. The van der Waals surface area contributed by atoms with Gasteiger partial charge in [0.2, 0.25) is 0 Å². The molecule has 0 saturated carbocycles. The monoisotopic (exact) mass is 459 g/mol. The van der Waals surface area contributed by atoms with Crippen LogP contribution in [-0.4, -0.2) is 56.2 Å². The molecule has 1 aliphatic rings. The van der Waals surface area contributed by atoms with E-state index in [-0.39, 0.29) is 12.1 Å². The van der Waals surface area contributed by atoms with Gasteiger partial charge in [0.05, 0.1) is 5.69 Å². The third-order valence-corrected chi connectivity index (χ3v) is 5.61. The second kappa shape index (κ2) is 8.98. The summed E-state index contributed by atoms with van der Waals surface area (Å²) in [6.07, 6.45) is -3.80. The van der Waals surface area contributed by atoms with Gasteiger partial charge in [-0.2, -0.15) is 13.2 Å². The predicted octanol–water partition coefficient (Wildman–Crippen LogP) is 1.88. The topological polar surface area (TPSA) is 105 Å². The lowest BCUT2D eigenvalue weighted by atomic mass is 9.85. The molecule has 12 heteroatoms. The maximum atomic E-state index is 14.0. The zero-order valence-corrected chi connectivity index (χ0v) is 17.3. The van der Waals surface area contributed by atoms with Gasteiger partial charge in [-0.1, -0.05) is 30.3 Å². The van der Waals surface area contributed by atoms with Crippen molar-refractivity contribution in [3.05, 3.63) is 72.1 Å². The summed E-state index contributed by atoms with van der Waals surface area (Å²) in [7, 11) is 0. The quantitative estimate of drug-likeness (QED) is 0.565. The van der Waals surface area contributed by atoms with E-state index in [0.29, 0.717) is 12.2 Å². The molecular formula is C21H20F3N7O2. The van der Waals surface area contributed by atoms with Crippen molar-refractivity contribution in [1.82, 2.24) is 36.0 Å². The van der Waals surface area contributed by atoms with E-state index in [1.54, 1.807) is 29.2 Å². The molecule has 1 fully saturated rings. The highest BCUT2D eigenvalue weighted by atomic mass is 19.4. The molecule has 0 bridgehead atoms. The summed E-state index contributed by atoms with van der Waals surface area (Å²) in [4.78, 5) is 26.6. The van der Waals surface area contributed by atoms with Gasteiger partial charge in [-0.05, 0) is 53.2 Å². The van der Waals surface area contributed by atoms with Crippen LogP contribution in [0.1, 0.15) is 22.3 Å². The number of hydrogen-bond donors (Lipinski definition) is 2. The van der Waals surface area contributed by atoms with Crippen molar-refractivity contribution in [2.75, 3.05) is 13.1 Å². The van der Waals surface area contributed by atoms with Crippen LogP contribution in [0.3, 0.4) is 0 Å². The summed E-state index contributed by atoms with van der Waals surface area (Å²) < 4.78 is 43.3. The fourth-order valence-corrected chi connectivity index (χ4v) is 3.76. The highest BCUT2D eigenvalue weighted by Gasteiger charge is 2.63. The second-order valence-electron chi connectivity index (χ2n) is 7.74. The first-order valence-corrected chi connectivity index (χ1v) is 10.1. The van der Waals surface area contributed by atoms with Crippen molar-refractivity contribution in [3.63, 3.8) is 0 Å². The minimum atomic E-state index is -4.78. The van der Waals surface area contributed by atoms with Gasteiger partial charge in [0.1, 0.15) is 6.33 Å². The molecule has 4 rings (SSSR count). The van der Waals surface area contributed by atoms with Crippen molar-refractivity contribution in [1.29, 1.82) is 0 Å². The van der Waals surface area contributed by atoms with E-state index in [1.807, 2.05) is 23.6 Å². The van der Waals surface area contributed by atoms with E-state index in [2.05, 4.69) is 21.0 Å². The van der Waals surface area contributed by atoms with Crippen LogP contribution in [0.4, 0.5) is 13.2 Å². The lowest BCUT2D eigenvalue weighted by Crippen LogP contribution is -2.56. The second-order valence-corrected chi connectivity index (χ2v) is 7.74. The van der Waals surface area contributed by atoms with Crippen LogP contribution in [0.2, 0.25) is 0 Å². The SMILES string of the molecule is O=C(NNC(=O)C1(C(F)(F)F)CCN(Cc2ccccc2)C1)c1ccc(-n2cnnn2)cc1. The molecule has 1 atom stereocenters. The number of benzene rings is 2. The first-order valence-electron chi connectivity index (χ1n) is 10.1. The highest BCUT2D eigenvalue weighted by molar-refractivity contribution is 5.96. The van der Waals surface area contributed by atoms with E-state index in [4.69, 9.17) is 0 Å². The number of likely N-dealkylation sites (tertiary alicyclic amines) is 1. The Kier molecular flexibility index (Phi) is 6.09. The molecule has 0 aliphatic carbocycles. The summed E-state index contributed by atoms with van der Waals surface area (Å²) in [6.45, 7) is -0.0892. The zero-order valence-electron chi connectivity index (χ0n) is 17.3. The van der Waals surface area contributed by atoms with Gasteiger partial charge in [-0.25, -0.2) is 4.68 Å². The van der Waals surface area contributed by atoms with Crippen molar-refractivity contribution >= 4 is 11.8 Å². The lowest BCUT2D eigenvalue weighted by molar-refractivity contribution is -0.218. The number of tetrazole rings is 1. The molecule has 172 valence electrons. The van der Waals surface area contributed by atoms with Gasteiger partial charge in [0.15, 0.2) is 5.41 Å². The fourth-order valence-electron chi connectivity index (χ4n) is 3.76. The predicted molar refractivity (Wildman–Crippen MR) is 110 cm³/mol. The summed E-state index contributed by atoms with van der Waals surface area (Å²) >= 11 is 0. The molecule has 33 heavy (non-hydrogen) atoms. The number of nitrogens with zero attached hydrogens (tertiary/aromatic N) is 5. The third kappa shape index (κ3) is 4.70. The van der Waals surface area contributed by atoms with Gasteiger partial charge in [0.25, 0.3) is 11.8 Å². The molecule has 1 unspecified atom stereocenters. The fraction of sp³-hybridized carbons (Fsp3) is 0.286. The molecule has 2 N–H and O–H groups in total. The van der Waals surface area contributed by atoms with E-state index in [0.717, 1.165) is 5.56 Å². The van der Waals surface area contributed by atoms with Crippen LogP contribution in [-0.2, 0) is 11.3 Å². The summed E-state index contributed by atoms with van der Waals surface area (Å²) in [5.74, 6) is -2.03. The normalized spacial score (nSPS) is 18.8. The van der Waals surface area contributed by atoms with Crippen LogP contribution in [0.15, 0.2) is 60.9 Å². The number of carbonyl (C=O) groups excluding carboxylic acids is 2. The number of amides is 2. The molecule has 1 saturated heterocycles. The number of hydrazine groups is 1. The molecule has 9 nitrogen and oxygen atoms in total. The molecule has 2 amide bonds. The Labute approximate surface area is 186 Å². The average Bonchev–Trinajstić information content (AvgIpc) is 3.49. The Bertz CT molecular complexity index is 1110. The summed E-state index contributed by atoms with van der Waals surface area (Å²) in [5, 5.41) is 10.7. The third-order valence-electron chi connectivity index (χ3n) is 5.61. The number of alkyl halides is 3. The zero-order chi connectivity index (χ0) is 23.5. The Hall–Kier alpha value is -3.80. The summed E-state index contributed by atoms with van der Waals surface area (Å²) in [6, 6.07) is 15.1. The van der Waals surface area contributed by atoms with Crippen molar-refractivity contribution in [2.45, 2.75) is 19.1 Å². The first kappa shape index (κ1) is 22.4. The number of hydrogen-bond acceptors (Lipinski definition) is 6. The molecule has 3 aromatic rings. The number of aromatic nitrogens is 4. The van der Waals surface area contributed by atoms with Crippen molar-refractivity contribution in [3.8, 4) is 5.69 Å². The van der Waals surface area contributed by atoms with Crippen LogP contribution >= 0.6 is 0 Å².